The number of nitrogens with zero attached hydrogens (tertiary/aromatic N) is 4. The third-order valence-electron chi connectivity index (χ3n) is 4.80. The highest BCUT2D eigenvalue weighted by Gasteiger charge is 2.14. The molecule has 0 bridgehead atoms. The summed E-state index contributed by atoms with van der Waals surface area (Å²) < 4.78 is 23.1. The Hall–Kier alpha value is -4.01. The molecule has 0 aliphatic rings. The predicted octanol–water partition coefficient (Wildman–Crippen LogP) is 3.44. The van der Waals surface area contributed by atoms with Gasteiger partial charge in [0.05, 0.1) is 40.3 Å². The van der Waals surface area contributed by atoms with E-state index in [-0.39, 0.29) is 0 Å². The summed E-state index contributed by atoms with van der Waals surface area (Å²) in [7, 11) is 6.36. The van der Waals surface area contributed by atoms with Gasteiger partial charge in [0, 0.05) is 24.4 Å². The van der Waals surface area contributed by atoms with Crippen molar-refractivity contribution < 1.29 is 18.9 Å². The van der Waals surface area contributed by atoms with Crippen LogP contribution in [0.15, 0.2) is 48.8 Å². The Morgan fingerprint density at radius 2 is 1.61 bits per heavy atom. The molecule has 160 valence electrons. The van der Waals surface area contributed by atoms with Crippen molar-refractivity contribution in [2.45, 2.75) is 6.54 Å². The van der Waals surface area contributed by atoms with Crippen LogP contribution in [0.3, 0.4) is 0 Å². The molecule has 9 heteroatoms. The fourth-order valence-electron chi connectivity index (χ4n) is 3.25. The molecule has 0 radical (unpaired) electrons. The van der Waals surface area contributed by atoms with Crippen molar-refractivity contribution in [2.24, 2.45) is 0 Å². The van der Waals surface area contributed by atoms with Crippen LogP contribution in [-0.2, 0) is 6.54 Å². The van der Waals surface area contributed by atoms with Crippen LogP contribution >= 0.6 is 0 Å². The first-order valence-electron chi connectivity index (χ1n) is 9.54. The first-order chi connectivity index (χ1) is 15.2. The third kappa shape index (κ3) is 4.02. The highest BCUT2D eigenvalue weighted by molar-refractivity contribution is 5.63. The molecule has 0 atom stereocenters. The van der Waals surface area contributed by atoms with Crippen LogP contribution in [0.2, 0.25) is 0 Å². The number of methoxy groups -OCH3 is 4. The number of imidazole rings is 1. The lowest BCUT2D eigenvalue weighted by atomic mass is 10.1. The minimum Gasteiger partial charge on any atom is -0.493 e. The molecule has 0 unspecified atom stereocenters. The molecule has 4 aromatic rings. The summed E-state index contributed by atoms with van der Waals surface area (Å²) >= 11 is 0. The molecular formula is C22H23N5O4. The lowest BCUT2D eigenvalue weighted by molar-refractivity contribution is 0.324. The number of aromatic nitrogens is 4. The van der Waals surface area contributed by atoms with E-state index in [1.807, 2.05) is 30.3 Å². The lowest BCUT2D eigenvalue weighted by Gasteiger charge is -2.14. The van der Waals surface area contributed by atoms with Crippen LogP contribution in [0.5, 0.6) is 23.1 Å². The standard InChI is InChI=1S/C22H23N5O4/c1-28-17-9-14(10-18(29-2)22(17)31-4)11-23-19-6-7-20-24-13-16(27(20)26-19)15-5-8-21(30-3)25-12-15/h5-10,12-13H,11H2,1-4H3,(H,23,26). The Bertz CT molecular complexity index is 1170. The highest BCUT2D eigenvalue weighted by atomic mass is 16.5. The average Bonchev–Trinajstić information content (AvgIpc) is 3.25. The number of anilines is 1. The van der Waals surface area contributed by atoms with Gasteiger partial charge in [0.15, 0.2) is 17.1 Å². The average molecular weight is 421 g/mol. The Morgan fingerprint density at radius 1 is 0.839 bits per heavy atom. The van der Waals surface area contributed by atoms with Gasteiger partial charge in [0.2, 0.25) is 11.6 Å². The van der Waals surface area contributed by atoms with E-state index in [9.17, 15) is 0 Å². The van der Waals surface area contributed by atoms with Gasteiger partial charge in [0.25, 0.3) is 0 Å². The smallest absolute Gasteiger partial charge is 0.212 e. The van der Waals surface area contributed by atoms with Crippen molar-refractivity contribution in [2.75, 3.05) is 33.8 Å². The summed E-state index contributed by atoms with van der Waals surface area (Å²) in [6.45, 7) is 0.517. The Balaban J connectivity index is 1.59. The molecule has 9 nitrogen and oxygen atoms in total. The topological polar surface area (TPSA) is 92.0 Å². The minimum absolute atomic E-state index is 0.517. The van der Waals surface area contributed by atoms with Gasteiger partial charge < -0.3 is 24.3 Å². The van der Waals surface area contributed by atoms with Gasteiger partial charge in [-0.15, -0.1) is 5.10 Å². The molecule has 0 saturated heterocycles. The van der Waals surface area contributed by atoms with Crippen LogP contribution in [0.1, 0.15) is 5.56 Å². The zero-order valence-electron chi connectivity index (χ0n) is 17.7. The molecule has 0 aliphatic heterocycles. The molecule has 0 spiro atoms. The van der Waals surface area contributed by atoms with Crippen LogP contribution in [-0.4, -0.2) is 48.0 Å². The summed E-state index contributed by atoms with van der Waals surface area (Å²) in [5.41, 5.74) is 3.43. The predicted molar refractivity (Wildman–Crippen MR) is 116 cm³/mol. The first kappa shape index (κ1) is 20.3. The number of hydrogen-bond donors (Lipinski definition) is 1. The van der Waals surface area contributed by atoms with Crippen molar-refractivity contribution in [3.63, 3.8) is 0 Å². The summed E-state index contributed by atoms with van der Waals surface area (Å²) in [5, 5.41) is 8.02. The van der Waals surface area contributed by atoms with E-state index in [0.29, 0.717) is 35.5 Å². The third-order valence-corrected chi connectivity index (χ3v) is 4.80. The van der Waals surface area contributed by atoms with Gasteiger partial charge in [-0.05, 0) is 35.9 Å². The van der Waals surface area contributed by atoms with Crippen LogP contribution in [0.4, 0.5) is 5.82 Å². The van der Waals surface area contributed by atoms with E-state index in [1.54, 1.807) is 51.4 Å². The van der Waals surface area contributed by atoms with Crippen LogP contribution < -0.4 is 24.3 Å². The van der Waals surface area contributed by atoms with E-state index >= 15 is 0 Å². The maximum atomic E-state index is 5.42. The van der Waals surface area contributed by atoms with Crippen LogP contribution in [0.25, 0.3) is 16.9 Å². The fraction of sp³-hybridized carbons (Fsp3) is 0.227. The van der Waals surface area contributed by atoms with Gasteiger partial charge in [0.1, 0.15) is 5.82 Å². The molecule has 3 aromatic heterocycles. The summed E-state index contributed by atoms with van der Waals surface area (Å²) in [6.07, 6.45) is 3.51. The van der Waals surface area contributed by atoms with E-state index in [2.05, 4.69) is 20.4 Å². The van der Waals surface area contributed by atoms with Crippen molar-refractivity contribution in [3.8, 4) is 34.4 Å². The number of fused-ring (bicyclic) bond motifs is 1. The monoisotopic (exact) mass is 421 g/mol. The summed E-state index contributed by atoms with van der Waals surface area (Å²) in [4.78, 5) is 8.69. The zero-order valence-corrected chi connectivity index (χ0v) is 17.7. The molecule has 0 saturated carbocycles. The number of rotatable bonds is 8. The molecule has 3 heterocycles. The van der Waals surface area contributed by atoms with Crippen molar-refractivity contribution in [1.82, 2.24) is 19.6 Å². The Morgan fingerprint density at radius 3 is 2.23 bits per heavy atom. The molecular weight excluding hydrogens is 398 g/mol. The number of ether oxygens (including phenoxy) is 4. The van der Waals surface area contributed by atoms with Crippen molar-refractivity contribution in [1.29, 1.82) is 0 Å². The van der Waals surface area contributed by atoms with Crippen molar-refractivity contribution in [3.05, 3.63) is 54.4 Å². The molecule has 0 fully saturated rings. The maximum Gasteiger partial charge on any atom is 0.212 e. The summed E-state index contributed by atoms with van der Waals surface area (Å²) in [6, 6.07) is 11.3. The number of pyridine rings is 1. The Kier molecular flexibility index (Phi) is 5.74. The second-order valence-corrected chi connectivity index (χ2v) is 6.61. The molecule has 0 aliphatic carbocycles. The van der Waals surface area contributed by atoms with Crippen molar-refractivity contribution >= 4 is 11.5 Å². The normalized spacial score (nSPS) is 10.7. The first-order valence-corrected chi connectivity index (χ1v) is 9.54. The number of hydrogen-bond acceptors (Lipinski definition) is 8. The highest BCUT2D eigenvalue weighted by Crippen LogP contribution is 2.38. The SMILES string of the molecule is COc1ccc(-c2cnc3ccc(NCc4cc(OC)c(OC)c(OC)c4)nn23)cn1. The molecule has 0 amide bonds. The zero-order chi connectivity index (χ0) is 21.8. The largest absolute Gasteiger partial charge is 0.493 e. The lowest BCUT2D eigenvalue weighted by Crippen LogP contribution is -2.06. The Labute approximate surface area is 179 Å². The minimum atomic E-state index is 0.517. The quantitative estimate of drug-likeness (QED) is 0.463. The van der Waals surface area contributed by atoms with Gasteiger partial charge in [-0.3, -0.25) is 0 Å². The van der Waals surface area contributed by atoms with Gasteiger partial charge in [-0.2, -0.15) is 0 Å². The molecule has 1 aromatic carbocycles. The van der Waals surface area contributed by atoms with Gasteiger partial charge >= 0.3 is 0 Å². The second kappa shape index (κ2) is 8.78. The van der Waals surface area contributed by atoms with E-state index < -0.39 is 0 Å². The maximum absolute atomic E-state index is 5.42. The molecule has 4 rings (SSSR count). The van der Waals surface area contributed by atoms with E-state index in [1.165, 1.54) is 0 Å². The fourth-order valence-corrected chi connectivity index (χ4v) is 3.25. The number of benzene rings is 1. The van der Waals surface area contributed by atoms with Gasteiger partial charge in [-0.25, -0.2) is 14.5 Å². The van der Waals surface area contributed by atoms with E-state index in [0.717, 1.165) is 22.5 Å². The molecule has 31 heavy (non-hydrogen) atoms. The molecule has 1 N–H and O–H groups in total. The second-order valence-electron chi connectivity index (χ2n) is 6.61. The van der Waals surface area contributed by atoms with Crippen LogP contribution in [0, 0.1) is 0 Å². The summed E-state index contributed by atoms with van der Waals surface area (Å²) in [5.74, 6) is 3.02. The number of nitrogens with one attached hydrogen (secondary N) is 1. The van der Waals surface area contributed by atoms with Gasteiger partial charge in [-0.1, -0.05) is 0 Å². The van der Waals surface area contributed by atoms with E-state index in [4.69, 9.17) is 18.9 Å².